The fraction of sp³-hybridized carbons (Fsp3) is 0.409. The van der Waals surface area contributed by atoms with Crippen molar-refractivity contribution in [1.82, 2.24) is 19.9 Å². The molecule has 0 atom stereocenters. The number of amides is 1. The molecule has 1 aliphatic rings. The number of nitrogens with one attached hydrogen (secondary N) is 2. The summed E-state index contributed by atoms with van der Waals surface area (Å²) < 4.78 is 12.6. The van der Waals surface area contributed by atoms with Gasteiger partial charge in [-0.2, -0.15) is 0 Å². The van der Waals surface area contributed by atoms with Gasteiger partial charge in [0.05, 0.1) is 42.3 Å². The molecule has 1 amide bonds. The monoisotopic (exact) mass is 426 g/mol. The zero-order chi connectivity index (χ0) is 21.8. The third-order valence-electron chi connectivity index (χ3n) is 5.70. The lowest BCUT2D eigenvalue weighted by atomic mass is 9.92. The van der Waals surface area contributed by atoms with Gasteiger partial charge in [0.2, 0.25) is 0 Å². The van der Waals surface area contributed by atoms with Crippen molar-refractivity contribution < 1.29 is 24.2 Å². The lowest BCUT2D eigenvalue weighted by Gasteiger charge is -2.29. The second-order valence-corrected chi connectivity index (χ2v) is 7.70. The number of benzene rings is 1. The van der Waals surface area contributed by atoms with E-state index in [1.165, 1.54) is 6.20 Å². The fourth-order valence-electron chi connectivity index (χ4n) is 4.07. The van der Waals surface area contributed by atoms with E-state index < -0.39 is 5.97 Å². The summed E-state index contributed by atoms with van der Waals surface area (Å²) in [7, 11) is 1.65. The highest BCUT2D eigenvalue weighted by Crippen LogP contribution is 2.27. The molecule has 0 unspecified atom stereocenters. The van der Waals surface area contributed by atoms with Crippen LogP contribution in [0.4, 0.5) is 0 Å². The van der Waals surface area contributed by atoms with E-state index in [4.69, 9.17) is 9.47 Å². The average Bonchev–Trinajstić information content (AvgIpc) is 3.44. The van der Waals surface area contributed by atoms with Crippen LogP contribution in [-0.4, -0.2) is 64.0 Å². The number of H-pyrrole nitrogens is 1. The molecule has 31 heavy (non-hydrogen) atoms. The molecular formula is C22H26N4O5. The van der Waals surface area contributed by atoms with Crippen LogP contribution >= 0.6 is 0 Å². The summed E-state index contributed by atoms with van der Waals surface area (Å²) in [4.78, 5) is 31.8. The number of imidazole rings is 1. The van der Waals surface area contributed by atoms with Crippen molar-refractivity contribution in [3.63, 3.8) is 0 Å². The summed E-state index contributed by atoms with van der Waals surface area (Å²) >= 11 is 0. The number of methoxy groups -OCH3 is 1. The van der Waals surface area contributed by atoms with Gasteiger partial charge in [0.1, 0.15) is 0 Å². The molecule has 164 valence electrons. The van der Waals surface area contributed by atoms with E-state index in [1.54, 1.807) is 42.5 Å². The van der Waals surface area contributed by atoms with E-state index in [0.717, 1.165) is 25.7 Å². The van der Waals surface area contributed by atoms with E-state index in [9.17, 15) is 14.7 Å². The van der Waals surface area contributed by atoms with Crippen LogP contribution in [0.25, 0.3) is 16.6 Å². The van der Waals surface area contributed by atoms with Crippen molar-refractivity contribution in [1.29, 1.82) is 0 Å². The van der Waals surface area contributed by atoms with Crippen molar-refractivity contribution in [2.45, 2.75) is 37.8 Å². The van der Waals surface area contributed by atoms with Gasteiger partial charge in [-0.3, -0.25) is 4.79 Å². The van der Waals surface area contributed by atoms with Gasteiger partial charge in [-0.25, -0.2) is 9.78 Å². The molecule has 1 aliphatic carbocycles. The Morgan fingerprint density at radius 2 is 2.03 bits per heavy atom. The van der Waals surface area contributed by atoms with Crippen LogP contribution in [-0.2, 0) is 9.47 Å². The Balaban J connectivity index is 1.53. The number of nitrogens with zero attached hydrogens (tertiary/aromatic N) is 2. The zero-order valence-corrected chi connectivity index (χ0v) is 17.3. The number of ether oxygens (including phenoxy) is 2. The molecule has 9 heteroatoms. The number of aromatic nitrogens is 3. The molecule has 1 saturated carbocycles. The van der Waals surface area contributed by atoms with E-state index in [2.05, 4.69) is 15.3 Å². The predicted octanol–water partition coefficient (Wildman–Crippen LogP) is 2.76. The summed E-state index contributed by atoms with van der Waals surface area (Å²) in [6.45, 7) is 1.16. The normalized spacial score (nSPS) is 18.9. The van der Waals surface area contributed by atoms with Gasteiger partial charge in [0, 0.05) is 42.8 Å². The Labute approximate surface area is 179 Å². The molecule has 0 aliphatic heterocycles. The first-order valence-electron chi connectivity index (χ1n) is 10.3. The molecule has 3 N–H and O–H groups in total. The van der Waals surface area contributed by atoms with Crippen molar-refractivity contribution >= 4 is 22.8 Å². The van der Waals surface area contributed by atoms with Crippen LogP contribution in [0.15, 0.2) is 37.1 Å². The van der Waals surface area contributed by atoms with Gasteiger partial charge >= 0.3 is 5.97 Å². The Bertz CT molecular complexity index is 1050. The van der Waals surface area contributed by atoms with Crippen molar-refractivity contribution in [2.75, 3.05) is 20.3 Å². The summed E-state index contributed by atoms with van der Waals surface area (Å²) in [6.07, 6.45) is 10.0. The largest absolute Gasteiger partial charge is 0.478 e. The maximum atomic E-state index is 13.2. The van der Waals surface area contributed by atoms with Crippen molar-refractivity contribution in [3.05, 3.63) is 48.2 Å². The minimum Gasteiger partial charge on any atom is -0.478 e. The van der Waals surface area contributed by atoms with Crippen LogP contribution < -0.4 is 5.32 Å². The summed E-state index contributed by atoms with van der Waals surface area (Å²) in [5.41, 5.74) is 1.72. The summed E-state index contributed by atoms with van der Waals surface area (Å²) in [5.74, 6) is -1.28. The SMILES string of the molecule is COCCO[C@H]1CC[C@H](NC(=O)c2cc(-n3ccnc3)cc3c(C(=O)O)c[nH]c23)CC1. The van der Waals surface area contributed by atoms with Gasteiger partial charge in [0.15, 0.2) is 0 Å². The van der Waals surface area contributed by atoms with Crippen molar-refractivity contribution in [3.8, 4) is 5.69 Å². The van der Waals surface area contributed by atoms with Gasteiger partial charge in [0.25, 0.3) is 5.91 Å². The number of fused-ring (bicyclic) bond motifs is 1. The van der Waals surface area contributed by atoms with E-state index >= 15 is 0 Å². The van der Waals surface area contributed by atoms with E-state index in [0.29, 0.717) is 35.4 Å². The average molecular weight is 426 g/mol. The van der Waals surface area contributed by atoms with Gasteiger partial charge in [-0.1, -0.05) is 0 Å². The highest BCUT2D eigenvalue weighted by molar-refractivity contribution is 6.12. The summed E-state index contributed by atoms with van der Waals surface area (Å²) in [5, 5.41) is 13.1. The second kappa shape index (κ2) is 9.32. The van der Waals surface area contributed by atoms with Gasteiger partial charge in [-0.05, 0) is 37.8 Å². The number of rotatable bonds is 8. The highest BCUT2D eigenvalue weighted by Gasteiger charge is 2.25. The lowest BCUT2D eigenvalue weighted by molar-refractivity contribution is -0.00408. The van der Waals surface area contributed by atoms with Gasteiger partial charge < -0.3 is 29.4 Å². The molecule has 1 aromatic carbocycles. The molecule has 2 aromatic heterocycles. The molecule has 0 spiro atoms. The third-order valence-corrected chi connectivity index (χ3v) is 5.70. The number of hydrogen-bond acceptors (Lipinski definition) is 5. The molecule has 9 nitrogen and oxygen atoms in total. The Morgan fingerprint density at radius 3 is 2.71 bits per heavy atom. The number of aromatic amines is 1. The molecule has 0 bridgehead atoms. The molecule has 3 aromatic rings. The fourth-order valence-corrected chi connectivity index (χ4v) is 4.07. The first-order chi connectivity index (χ1) is 15.1. The molecule has 0 saturated heterocycles. The minimum absolute atomic E-state index is 0.0515. The molecular weight excluding hydrogens is 400 g/mol. The summed E-state index contributed by atoms with van der Waals surface area (Å²) in [6, 6.07) is 3.55. The minimum atomic E-state index is -1.05. The highest BCUT2D eigenvalue weighted by atomic mass is 16.5. The Morgan fingerprint density at radius 1 is 1.23 bits per heavy atom. The quantitative estimate of drug-likeness (QED) is 0.477. The van der Waals surface area contributed by atoms with Gasteiger partial charge in [-0.15, -0.1) is 0 Å². The van der Waals surface area contributed by atoms with Crippen molar-refractivity contribution in [2.24, 2.45) is 0 Å². The topological polar surface area (TPSA) is 118 Å². The van der Waals surface area contributed by atoms with Crippen LogP contribution in [0, 0.1) is 0 Å². The second-order valence-electron chi connectivity index (χ2n) is 7.70. The van der Waals surface area contributed by atoms with Crippen LogP contribution in [0.5, 0.6) is 0 Å². The van der Waals surface area contributed by atoms with E-state index in [-0.39, 0.29) is 23.6 Å². The number of aromatic carboxylic acids is 1. The van der Waals surface area contributed by atoms with Crippen LogP contribution in [0.3, 0.4) is 0 Å². The number of carbonyl (C=O) groups excluding carboxylic acids is 1. The Kier molecular flexibility index (Phi) is 6.34. The molecule has 4 rings (SSSR count). The number of carboxylic acid groups (broad SMARTS) is 1. The maximum Gasteiger partial charge on any atom is 0.337 e. The predicted molar refractivity (Wildman–Crippen MR) is 114 cm³/mol. The number of hydrogen-bond donors (Lipinski definition) is 3. The van der Waals surface area contributed by atoms with Crippen LogP contribution in [0.1, 0.15) is 46.4 Å². The first kappa shape index (κ1) is 21.1. The molecule has 1 fully saturated rings. The Hall–Kier alpha value is -3.17. The first-order valence-corrected chi connectivity index (χ1v) is 10.3. The number of carbonyl (C=O) groups is 2. The standard InChI is InChI=1S/C22H26N4O5/c1-30-8-9-31-16-4-2-14(3-5-16)25-21(27)18-11-15(26-7-6-23-13-26)10-17-19(22(28)29)12-24-20(17)18/h6-7,10-14,16,24H,2-5,8-9H2,1H3,(H,25,27)(H,28,29)/t14-,16-. The lowest BCUT2D eigenvalue weighted by Crippen LogP contribution is -2.39. The number of carboxylic acids is 1. The maximum absolute atomic E-state index is 13.2. The molecule has 2 heterocycles. The zero-order valence-electron chi connectivity index (χ0n) is 17.3. The van der Waals surface area contributed by atoms with Crippen LogP contribution in [0.2, 0.25) is 0 Å². The van der Waals surface area contributed by atoms with E-state index in [1.807, 2.05) is 0 Å². The molecule has 0 radical (unpaired) electrons. The smallest absolute Gasteiger partial charge is 0.337 e. The third kappa shape index (κ3) is 4.62.